The van der Waals surface area contributed by atoms with E-state index in [1.54, 1.807) is 14.1 Å². The third kappa shape index (κ3) is 2.87. The molecule has 104 valence electrons. The van der Waals surface area contributed by atoms with Gasteiger partial charge in [0.15, 0.2) is 11.5 Å². The molecule has 7 heteroatoms. The van der Waals surface area contributed by atoms with Crippen LogP contribution in [-0.4, -0.2) is 55.4 Å². The Morgan fingerprint density at radius 3 is 2.21 bits per heavy atom. The van der Waals surface area contributed by atoms with Gasteiger partial charge in [-0.1, -0.05) is 0 Å². The molecule has 0 radical (unpaired) electrons. The highest BCUT2D eigenvalue weighted by molar-refractivity contribution is 6.03. The van der Waals surface area contributed by atoms with Crippen LogP contribution in [0.4, 0.5) is 10.5 Å². The number of hydrogen-bond donors (Lipinski definition) is 2. The van der Waals surface area contributed by atoms with Crippen molar-refractivity contribution in [2.45, 2.75) is 0 Å². The Balaban J connectivity index is 3.47. The number of phenols is 1. The zero-order chi connectivity index (χ0) is 14.7. The number of methoxy groups -OCH3 is 1. The predicted octanol–water partition coefficient (Wildman–Crippen LogP) is 1.22. The first kappa shape index (κ1) is 14.6. The number of rotatable bonds is 3. The van der Waals surface area contributed by atoms with Gasteiger partial charge in [-0.05, 0) is 6.07 Å². The van der Waals surface area contributed by atoms with Crippen LogP contribution < -0.4 is 9.64 Å². The van der Waals surface area contributed by atoms with Gasteiger partial charge in [-0.2, -0.15) is 0 Å². The quantitative estimate of drug-likeness (QED) is 0.860. The van der Waals surface area contributed by atoms with Crippen molar-refractivity contribution in [2.75, 3.05) is 33.2 Å². The minimum absolute atomic E-state index is 0.0875. The molecule has 0 atom stereocenters. The first-order valence-electron chi connectivity index (χ1n) is 5.38. The van der Waals surface area contributed by atoms with Gasteiger partial charge in [0.05, 0.1) is 18.4 Å². The van der Waals surface area contributed by atoms with Crippen LogP contribution in [0.5, 0.6) is 11.5 Å². The second kappa shape index (κ2) is 5.47. The molecule has 0 saturated heterocycles. The van der Waals surface area contributed by atoms with Crippen molar-refractivity contribution in [3.05, 3.63) is 17.7 Å². The van der Waals surface area contributed by atoms with Gasteiger partial charge in [-0.25, -0.2) is 4.79 Å². The molecule has 1 aromatic carbocycles. The molecular formula is C12H16N2O5. The van der Waals surface area contributed by atoms with Crippen LogP contribution in [-0.2, 0) is 0 Å². The predicted molar refractivity (Wildman–Crippen MR) is 69.1 cm³/mol. The molecule has 1 rings (SSSR count). The van der Waals surface area contributed by atoms with Crippen molar-refractivity contribution in [1.29, 1.82) is 0 Å². The Hall–Kier alpha value is -2.44. The molecule has 1 aromatic rings. The average molecular weight is 268 g/mol. The monoisotopic (exact) mass is 268 g/mol. The van der Waals surface area contributed by atoms with E-state index in [2.05, 4.69) is 0 Å². The third-order valence-electron chi connectivity index (χ3n) is 2.58. The molecule has 0 unspecified atom stereocenters. The van der Waals surface area contributed by atoms with E-state index in [-0.39, 0.29) is 28.7 Å². The minimum atomic E-state index is -1.24. The molecule has 0 saturated carbocycles. The van der Waals surface area contributed by atoms with Gasteiger partial charge >= 0.3 is 6.09 Å². The van der Waals surface area contributed by atoms with E-state index in [1.165, 1.54) is 31.2 Å². The van der Waals surface area contributed by atoms with Crippen molar-refractivity contribution in [1.82, 2.24) is 4.90 Å². The van der Waals surface area contributed by atoms with Crippen molar-refractivity contribution >= 4 is 17.7 Å². The standard InChI is InChI=1S/C12H16N2O5/c1-13(2)11(16)7-5-10(19-4)9(15)6-8(7)14(3)12(17)18/h5-6,15H,1-4H3,(H,17,18). The summed E-state index contributed by atoms with van der Waals surface area (Å²) < 4.78 is 4.92. The molecule has 0 aromatic heterocycles. The summed E-state index contributed by atoms with van der Waals surface area (Å²) in [4.78, 5) is 25.2. The maximum absolute atomic E-state index is 12.0. The van der Waals surface area contributed by atoms with Crippen molar-refractivity contribution in [3.63, 3.8) is 0 Å². The van der Waals surface area contributed by atoms with Crippen LogP contribution in [0.2, 0.25) is 0 Å². The molecule has 0 aliphatic carbocycles. The van der Waals surface area contributed by atoms with Crippen LogP contribution >= 0.6 is 0 Å². The number of hydrogen-bond acceptors (Lipinski definition) is 4. The van der Waals surface area contributed by atoms with Gasteiger partial charge in [0, 0.05) is 27.2 Å². The zero-order valence-electron chi connectivity index (χ0n) is 11.2. The Bertz CT molecular complexity index is 513. The summed E-state index contributed by atoms with van der Waals surface area (Å²) in [6.07, 6.45) is -1.24. The number of benzene rings is 1. The van der Waals surface area contributed by atoms with Gasteiger partial charge in [-0.3, -0.25) is 9.69 Å². The Labute approximate surface area is 110 Å². The number of nitrogens with zero attached hydrogens (tertiary/aromatic N) is 2. The smallest absolute Gasteiger partial charge is 0.411 e. The molecule has 2 amide bonds. The highest BCUT2D eigenvalue weighted by atomic mass is 16.5. The fraction of sp³-hybridized carbons (Fsp3) is 0.333. The van der Waals surface area contributed by atoms with E-state index in [0.717, 1.165) is 4.90 Å². The number of aromatic hydroxyl groups is 1. The summed E-state index contributed by atoms with van der Waals surface area (Å²) in [5, 5.41) is 18.7. The van der Waals surface area contributed by atoms with Crippen LogP contribution in [0.1, 0.15) is 10.4 Å². The number of anilines is 1. The summed E-state index contributed by atoms with van der Waals surface area (Å²) in [5.74, 6) is -0.518. The van der Waals surface area contributed by atoms with E-state index in [4.69, 9.17) is 9.84 Å². The van der Waals surface area contributed by atoms with E-state index in [9.17, 15) is 14.7 Å². The summed E-state index contributed by atoms with van der Waals surface area (Å²) in [5.41, 5.74) is 0.217. The van der Waals surface area contributed by atoms with Gasteiger partial charge in [-0.15, -0.1) is 0 Å². The fourth-order valence-electron chi connectivity index (χ4n) is 1.51. The minimum Gasteiger partial charge on any atom is -0.504 e. The number of ether oxygens (including phenoxy) is 1. The van der Waals surface area contributed by atoms with Crippen LogP contribution in [0, 0.1) is 0 Å². The topological polar surface area (TPSA) is 90.3 Å². The zero-order valence-corrected chi connectivity index (χ0v) is 11.2. The second-order valence-corrected chi connectivity index (χ2v) is 4.08. The van der Waals surface area contributed by atoms with Gasteiger partial charge < -0.3 is 19.8 Å². The lowest BCUT2D eigenvalue weighted by Crippen LogP contribution is -2.29. The van der Waals surface area contributed by atoms with E-state index >= 15 is 0 Å². The molecular weight excluding hydrogens is 252 g/mol. The maximum Gasteiger partial charge on any atom is 0.411 e. The fourth-order valence-corrected chi connectivity index (χ4v) is 1.51. The summed E-state index contributed by atoms with van der Waals surface area (Å²) in [7, 11) is 5.73. The molecule has 0 fully saturated rings. The van der Waals surface area contributed by atoms with Gasteiger partial charge in [0.25, 0.3) is 5.91 Å². The van der Waals surface area contributed by atoms with Crippen molar-refractivity contribution in [3.8, 4) is 11.5 Å². The molecule has 7 nitrogen and oxygen atoms in total. The summed E-state index contributed by atoms with van der Waals surface area (Å²) in [6.45, 7) is 0. The lowest BCUT2D eigenvalue weighted by atomic mass is 10.1. The number of carbonyl (C=O) groups excluding carboxylic acids is 1. The van der Waals surface area contributed by atoms with Gasteiger partial charge in [0.2, 0.25) is 0 Å². The van der Waals surface area contributed by atoms with Crippen LogP contribution in [0.15, 0.2) is 12.1 Å². The Morgan fingerprint density at radius 2 is 1.79 bits per heavy atom. The molecule has 2 N–H and O–H groups in total. The van der Waals surface area contributed by atoms with E-state index in [0.29, 0.717) is 0 Å². The van der Waals surface area contributed by atoms with E-state index in [1.807, 2.05) is 0 Å². The lowest BCUT2D eigenvalue weighted by Gasteiger charge is -2.20. The Morgan fingerprint density at radius 1 is 1.21 bits per heavy atom. The third-order valence-corrected chi connectivity index (χ3v) is 2.58. The highest BCUT2D eigenvalue weighted by Crippen LogP contribution is 2.34. The number of phenolic OH excluding ortho intramolecular Hbond substituents is 1. The highest BCUT2D eigenvalue weighted by Gasteiger charge is 2.22. The van der Waals surface area contributed by atoms with Gasteiger partial charge in [0.1, 0.15) is 0 Å². The maximum atomic E-state index is 12.0. The number of carboxylic acid groups (broad SMARTS) is 1. The van der Waals surface area contributed by atoms with Crippen LogP contribution in [0.3, 0.4) is 0 Å². The molecule has 0 bridgehead atoms. The van der Waals surface area contributed by atoms with Crippen molar-refractivity contribution < 1.29 is 24.5 Å². The normalized spacial score (nSPS) is 9.89. The average Bonchev–Trinajstić information content (AvgIpc) is 2.36. The summed E-state index contributed by atoms with van der Waals surface area (Å²) in [6, 6.07) is 2.50. The Kier molecular flexibility index (Phi) is 4.21. The number of carbonyl (C=O) groups is 2. The molecule has 0 aliphatic rings. The summed E-state index contributed by atoms with van der Waals surface area (Å²) >= 11 is 0. The van der Waals surface area contributed by atoms with E-state index < -0.39 is 6.09 Å². The molecule has 0 spiro atoms. The molecule has 19 heavy (non-hydrogen) atoms. The second-order valence-electron chi connectivity index (χ2n) is 4.08. The molecule has 0 heterocycles. The van der Waals surface area contributed by atoms with Crippen LogP contribution in [0.25, 0.3) is 0 Å². The first-order valence-corrected chi connectivity index (χ1v) is 5.38. The molecule has 0 aliphatic heterocycles. The number of amides is 2. The largest absolute Gasteiger partial charge is 0.504 e. The first-order chi connectivity index (χ1) is 8.79. The lowest BCUT2D eigenvalue weighted by molar-refractivity contribution is 0.0828. The SMILES string of the molecule is COc1cc(C(=O)N(C)C)c(N(C)C(=O)O)cc1O. The van der Waals surface area contributed by atoms with Crippen molar-refractivity contribution in [2.24, 2.45) is 0 Å².